The van der Waals surface area contributed by atoms with Crippen molar-refractivity contribution in [2.75, 3.05) is 20.2 Å². The van der Waals surface area contributed by atoms with E-state index in [0.717, 1.165) is 30.5 Å². The number of likely N-dealkylation sites (tertiary alicyclic amines) is 1. The summed E-state index contributed by atoms with van der Waals surface area (Å²) in [6, 6.07) is 17.8. The topological polar surface area (TPSA) is 42.4 Å². The number of carbonyl (C=O) groups excluding carboxylic acids is 1. The van der Waals surface area contributed by atoms with E-state index < -0.39 is 0 Å². The van der Waals surface area contributed by atoms with Gasteiger partial charge >= 0.3 is 0 Å². The SMILES string of the molecule is COc1ccccc1C(=O)N1CCCC(c2cc3ccccc3cn2)C1. The van der Waals surface area contributed by atoms with Crippen LogP contribution in [-0.2, 0) is 0 Å². The van der Waals surface area contributed by atoms with Crippen molar-refractivity contribution in [1.29, 1.82) is 0 Å². The largest absolute Gasteiger partial charge is 0.496 e. The van der Waals surface area contributed by atoms with Crippen LogP contribution in [0.5, 0.6) is 5.75 Å². The zero-order chi connectivity index (χ0) is 17.9. The smallest absolute Gasteiger partial charge is 0.257 e. The molecule has 0 N–H and O–H groups in total. The summed E-state index contributed by atoms with van der Waals surface area (Å²) in [5.41, 5.74) is 1.70. The lowest BCUT2D eigenvalue weighted by molar-refractivity contribution is 0.0702. The van der Waals surface area contributed by atoms with E-state index in [1.165, 1.54) is 5.39 Å². The van der Waals surface area contributed by atoms with Gasteiger partial charge in [0.1, 0.15) is 5.75 Å². The fraction of sp³-hybridized carbons (Fsp3) is 0.273. The number of amides is 1. The number of hydrogen-bond acceptors (Lipinski definition) is 3. The van der Waals surface area contributed by atoms with E-state index in [2.05, 4.69) is 23.2 Å². The number of ether oxygens (including phenoxy) is 1. The first-order chi connectivity index (χ1) is 12.8. The van der Waals surface area contributed by atoms with Gasteiger partial charge in [-0.25, -0.2) is 0 Å². The number of pyridine rings is 1. The van der Waals surface area contributed by atoms with Crippen molar-refractivity contribution in [2.24, 2.45) is 0 Å². The lowest BCUT2D eigenvalue weighted by atomic mass is 9.93. The molecule has 0 aliphatic carbocycles. The molecule has 1 aliphatic heterocycles. The zero-order valence-corrected chi connectivity index (χ0v) is 14.9. The molecule has 0 spiro atoms. The minimum Gasteiger partial charge on any atom is -0.496 e. The van der Waals surface area contributed by atoms with Crippen molar-refractivity contribution < 1.29 is 9.53 Å². The molecule has 132 valence electrons. The molecule has 1 atom stereocenters. The minimum absolute atomic E-state index is 0.0351. The molecule has 26 heavy (non-hydrogen) atoms. The highest BCUT2D eigenvalue weighted by atomic mass is 16.5. The molecule has 1 fully saturated rings. The van der Waals surface area contributed by atoms with Gasteiger partial charge in [-0.3, -0.25) is 9.78 Å². The van der Waals surface area contributed by atoms with Gasteiger partial charge in [0.15, 0.2) is 0 Å². The molecule has 1 amide bonds. The van der Waals surface area contributed by atoms with Crippen molar-refractivity contribution in [3.8, 4) is 5.75 Å². The first kappa shape index (κ1) is 16.6. The van der Waals surface area contributed by atoms with Crippen molar-refractivity contribution in [3.05, 3.63) is 72.1 Å². The summed E-state index contributed by atoms with van der Waals surface area (Å²) in [5.74, 6) is 0.934. The van der Waals surface area contributed by atoms with E-state index in [1.807, 2.05) is 47.5 Å². The van der Waals surface area contributed by atoms with Crippen LogP contribution in [-0.4, -0.2) is 36.0 Å². The molecular formula is C22H22N2O2. The first-order valence-corrected chi connectivity index (χ1v) is 9.03. The number of hydrogen-bond donors (Lipinski definition) is 0. The average Bonchev–Trinajstić information content (AvgIpc) is 2.73. The fourth-order valence-electron chi connectivity index (χ4n) is 3.72. The second kappa shape index (κ2) is 7.16. The van der Waals surface area contributed by atoms with Crippen LogP contribution in [0.2, 0.25) is 0 Å². The van der Waals surface area contributed by atoms with Crippen LogP contribution in [0, 0.1) is 0 Å². The number of rotatable bonds is 3. The second-order valence-electron chi connectivity index (χ2n) is 6.75. The van der Waals surface area contributed by atoms with Gasteiger partial charge in [0.2, 0.25) is 0 Å². The highest BCUT2D eigenvalue weighted by Crippen LogP contribution is 2.29. The Labute approximate surface area is 153 Å². The third kappa shape index (κ3) is 3.15. The molecule has 0 bridgehead atoms. The van der Waals surface area contributed by atoms with E-state index in [9.17, 15) is 4.79 Å². The van der Waals surface area contributed by atoms with Crippen LogP contribution in [0.3, 0.4) is 0 Å². The number of aromatic nitrogens is 1. The van der Waals surface area contributed by atoms with Crippen molar-refractivity contribution in [1.82, 2.24) is 9.88 Å². The standard InChI is InChI=1S/C22H22N2O2/c1-26-21-11-5-4-10-19(21)22(25)24-12-6-9-18(15-24)20-13-16-7-2-3-8-17(16)14-23-20/h2-5,7-8,10-11,13-14,18H,6,9,12,15H2,1H3. The lowest BCUT2D eigenvalue weighted by Crippen LogP contribution is -2.39. The molecule has 4 nitrogen and oxygen atoms in total. The molecular weight excluding hydrogens is 324 g/mol. The van der Waals surface area contributed by atoms with Gasteiger partial charge < -0.3 is 9.64 Å². The Bertz CT molecular complexity index is 938. The molecule has 1 aromatic heterocycles. The summed E-state index contributed by atoms with van der Waals surface area (Å²) < 4.78 is 5.36. The Morgan fingerprint density at radius 2 is 1.88 bits per heavy atom. The fourth-order valence-corrected chi connectivity index (χ4v) is 3.72. The highest BCUT2D eigenvalue weighted by Gasteiger charge is 2.27. The van der Waals surface area contributed by atoms with Gasteiger partial charge in [-0.15, -0.1) is 0 Å². The van der Waals surface area contributed by atoms with Gasteiger partial charge in [-0.2, -0.15) is 0 Å². The molecule has 4 heteroatoms. The summed E-state index contributed by atoms with van der Waals surface area (Å²) in [5, 5.41) is 2.35. The van der Waals surface area contributed by atoms with Crippen LogP contribution in [0.25, 0.3) is 10.8 Å². The van der Waals surface area contributed by atoms with E-state index in [-0.39, 0.29) is 11.8 Å². The number of nitrogens with zero attached hydrogens (tertiary/aromatic N) is 2. The van der Waals surface area contributed by atoms with Crippen LogP contribution >= 0.6 is 0 Å². The van der Waals surface area contributed by atoms with Crippen molar-refractivity contribution >= 4 is 16.7 Å². The molecule has 2 heterocycles. The zero-order valence-electron chi connectivity index (χ0n) is 14.9. The van der Waals surface area contributed by atoms with Gasteiger partial charge in [-0.05, 0) is 36.4 Å². The number of fused-ring (bicyclic) bond motifs is 1. The van der Waals surface area contributed by atoms with Gasteiger partial charge in [-0.1, -0.05) is 36.4 Å². The third-order valence-corrected chi connectivity index (χ3v) is 5.12. The summed E-state index contributed by atoms with van der Waals surface area (Å²) in [6.45, 7) is 1.48. The summed E-state index contributed by atoms with van der Waals surface area (Å²) in [4.78, 5) is 19.6. The third-order valence-electron chi connectivity index (χ3n) is 5.12. The van der Waals surface area contributed by atoms with Crippen LogP contribution in [0.1, 0.15) is 34.8 Å². The number of methoxy groups -OCH3 is 1. The van der Waals surface area contributed by atoms with Crippen molar-refractivity contribution in [2.45, 2.75) is 18.8 Å². The molecule has 4 rings (SSSR count). The minimum atomic E-state index is 0.0351. The van der Waals surface area contributed by atoms with E-state index >= 15 is 0 Å². The summed E-state index contributed by atoms with van der Waals surface area (Å²) in [7, 11) is 1.60. The Hall–Kier alpha value is -2.88. The number of para-hydroxylation sites is 1. The molecule has 0 saturated carbocycles. The second-order valence-corrected chi connectivity index (χ2v) is 6.75. The molecule has 0 radical (unpaired) electrons. The summed E-state index contributed by atoms with van der Waals surface area (Å²) >= 11 is 0. The number of benzene rings is 2. The molecule has 1 aliphatic rings. The lowest BCUT2D eigenvalue weighted by Gasteiger charge is -2.33. The van der Waals surface area contributed by atoms with Crippen LogP contribution in [0.4, 0.5) is 0 Å². The van der Waals surface area contributed by atoms with E-state index in [1.54, 1.807) is 7.11 Å². The summed E-state index contributed by atoms with van der Waals surface area (Å²) in [6.07, 6.45) is 3.98. The monoisotopic (exact) mass is 346 g/mol. The van der Waals surface area contributed by atoms with Gasteiger partial charge in [0, 0.05) is 36.3 Å². The maximum atomic E-state index is 13.0. The Kier molecular flexibility index (Phi) is 4.57. The van der Waals surface area contributed by atoms with Crippen LogP contribution < -0.4 is 4.74 Å². The van der Waals surface area contributed by atoms with Gasteiger partial charge in [0.25, 0.3) is 5.91 Å². The van der Waals surface area contributed by atoms with Gasteiger partial charge in [0.05, 0.1) is 12.7 Å². The molecule has 1 unspecified atom stereocenters. The number of piperidine rings is 1. The van der Waals surface area contributed by atoms with Crippen LogP contribution in [0.15, 0.2) is 60.8 Å². The average molecular weight is 346 g/mol. The van der Waals surface area contributed by atoms with E-state index in [0.29, 0.717) is 17.9 Å². The maximum absolute atomic E-state index is 13.0. The molecule has 1 saturated heterocycles. The predicted molar refractivity (Wildman–Crippen MR) is 103 cm³/mol. The van der Waals surface area contributed by atoms with Crippen molar-refractivity contribution in [3.63, 3.8) is 0 Å². The predicted octanol–water partition coefficient (Wildman–Crippen LogP) is 4.26. The van der Waals surface area contributed by atoms with E-state index in [4.69, 9.17) is 4.74 Å². The highest BCUT2D eigenvalue weighted by molar-refractivity contribution is 5.97. The first-order valence-electron chi connectivity index (χ1n) is 9.03. The normalized spacial score (nSPS) is 17.3. The Morgan fingerprint density at radius 1 is 1.12 bits per heavy atom. The number of carbonyl (C=O) groups is 1. The quantitative estimate of drug-likeness (QED) is 0.711. The maximum Gasteiger partial charge on any atom is 0.257 e. The Balaban J connectivity index is 1.57. The Morgan fingerprint density at radius 3 is 2.73 bits per heavy atom. The molecule has 2 aromatic carbocycles. The molecule has 3 aromatic rings.